The van der Waals surface area contributed by atoms with Gasteiger partial charge < -0.3 is 15.7 Å². The minimum atomic E-state index is -0.438. The highest BCUT2D eigenvalue weighted by Gasteiger charge is 2.25. The summed E-state index contributed by atoms with van der Waals surface area (Å²) in [7, 11) is 0. The number of amides is 1. The van der Waals surface area contributed by atoms with E-state index in [-0.39, 0.29) is 23.9 Å². The standard InChI is InChI=1S/C15H20N4O3S/c1-8-9(2)23-14-13(8)15(22)19(7-18-14)6-12(21)17-4-10-3-16-5-11(10)20/h7,10-11,16,20H,3-6H2,1-2H3,(H,17,21). The molecule has 1 saturated heterocycles. The number of aliphatic hydroxyl groups is 1. The van der Waals surface area contributed by atoms with E-state index in [2.05, 4.69) is 15.6 Å². The molecule has 2 atom stereocenters. The van der Waals surface area contributed by atoms with E-state index in [9.17, 15) is 14.7 Å². The molecule has 1 aliphatic rings. The maximum absolute atomic E-state index is 12.5. The molecule has 0 radical (unpaired) electrons. The summed E-state index contributed by atoms with van der Waals surface area (Å²) in [4.78, 5) is 30.6. The van der Waals surface area contributed by atoms with E-state index in [1.165, 1.54) is 22.2 Å². The second-order valence-corrected chi connectivity index (χ2v) is 7.13. The monoisotopic (exact) mass is 336 g/mol. The molecule has 7 nitrogen and oxygen atoms in total. The maximum Gasteiger partial charge on any atom is 0.262 e. The summed E-state index contributed by atoms with van der Waals surface area (Å²) in [6, 6.07) is 0. The van der Waals surface area contributed by atoms with Crippen LogP contribution in [0, 0.1) is 19.8 Å². The maximum atomic E-state index is 12.5. The van der Waals surface area contributed by atoms with Crippen LogP contribution in [0.2, 0.25) is 0 Å². The van der Waals surface area contributed by atoms with Crippen molar-refractivity contribution in [2.24, 2.45) is 5.92 Å². The van der Waals surface area contributed by atoms with Crippen molar-refractivity contribution in [3.63, 3.8) is 0 Å². The molecular weight excluding hydrogens is 316 g/mol. The number of β-amino-alcohol motifs (C(OH)–C–C–N with tert-alkyl or cyclic N) is 1. The lowest BCUT2D eigenvalue weighted by Gasteiger charge is -2.14. The van der Waals surface area contributed by atoms with Crippen molar-refractivity contribution in [2.75, 3.05) is 19.6 Å². The van der Waals surface area contributed by atoms with Gasteiger partial charge in [0.05, 0.1) is 17.8 Å². The molecule has 3 rings (SSSR count). The summed E-state index contributed by atoms with van der Waals surface area (Å²) >= 11 is 1.49. The predicted octanol–water partition coefficient (Wildman–Crippen LogP) is -0.229. The van der Waals surface area contributed by atoms with Crippen molar-refractivity contribution < 1.29 is 9.90 Å². The normalized spacial score (nSPS) is 21.0. The molecule has 2 aromatic rings. The van der Waals surface area contributed by atoms with Crippen molar-refractivity contribution in [1.82, 2.24) is 20.2 Å². The lowest BCUT2D eigenvalue weighted by molar-refractivity contribution is -0.122. The minimum Gasteiger partial charge on any atom is -0.391 e. The van der Waals surface area contributed by atoms with Gasteiger partial charge in [-0.1, -0.05) is 0 Å². The molecule has 1 fully saturated rings. The van der Waals surface area contributed by atoms with Crippen LogP contribution in [0.5, 0.6) is 0 Å². The van der Waals surface area contributed by atoms with Crippen LogP contribution in [0.25, 0.3) is 10.2 Å². The van der Waals surface area contributed by atoms with Gasteiger partial charge in [0.2, 0.25) is 5.91 Å². The van der Waals surface area contributed by atoms with E-state index in [0.717, 1.165) is 10.4 Å². The van der Waals surface area contributed by atoms with Crippen LogP contribution in [0.15, 0.2) is 11.1 Å². The van der Waals surface area contributed by atoms with Crippen LogP contribution in [0.4, 0.5) is 0 Å². The third kappa shape index (κ3) is 3.15. The number of carbonyl (C=O) groups excluding carboxylic acids is 1. The van der Waals surface area contributed by atoms with Crippen molar-refractivity contribution in [3.05, 3.63) is 27.1 Å². The number of fused-ring (bicyclic) bond motifs is 1. The Labute approximate surface area is 137 Å². The molecule has 8 heteroatoms. The molecule has 3 heterocycles. The Hall–Kier alpha value is -1.77. The Morgan fingerprint density at radius 1 is 1.52 bits per heavy atom. The molecule has 1 aliphatic heterocycles. The molecule has 0 aliphatic carbocycles. The zero-order chi connectivity index (χ0) is 16.6. The Morgan fingerprint density at radius 2 is 2.30 bits per heavy atom. The number of aliphatic hydroxyl groups excluding tert-OH is 1. The summed E-state index contributed by atoms with van der Waals surface area (Å²) in [5, 5.41) is 16.1. The smallest absolute Gasteiger partial charge is 0.262 e. The van der Waals surface area contributed by atoms with Crippen molar-refractivity contribution >= 4 is 27.5 Å². The lowest BCUT2D eigenvalue weighted by atomic mass is 10.1. The number of rotatable bonds is 4. The van der Waals surface area contributed by atoms with Crippen molar-refractivity contribution in [2.45, 2.75) is 26.5 Å². The number of hydrogen-bond acceptors (Lipinski definition) is 6. The highest BCUT2D eigenvalue weighted by atomic mass is 32.1. The zero-order valence-corrected chi connectivity index (χ0v) is 13.9. The quantitative estimate of drug-likeness (QED) is 0.717. The van der Waals surface area contributed by atoms with Crippen LogP contribution >= 0.6 is 11.3 Å². The van der Waals surface area contributed by atoms with E-state index in [4.69, 9.17) is 0 Å². The fourth-order valence-electron chi connectivity index (χ4n) is 2.77. The van der Waals surface area contributed by atoms with Crippen LogP contribution in [0.3, 0.4) is 0 Å². The van der Waals surface area contributed by atoms with E-state index >= 15 is 0 Å². The van der Waals surface area contributed by atoms with Gasteiger partial charge in [0.15, 0.2) is 0 Å². The van der Waals surface area contributed by atoms with Gasteiger partial charge in [-0.25, -0.2) is 4.98 Å². The molecule has 3 N–H and O–H groups in total. The van der Waals surface area contributed by atoms with Gasteiger partial charge >= 0.3 is 0 Å². The SMILES string of the molecule is Cc1sc2ncn(CC(=O)NCC3CNCC3O)c(=O)c2c1C. The fourth-order valence-corrected chi connectivity index (χ4v) is 3.75. The van der Waals surface area contributed by atoms with Crippen molar-refractivity contribution in [1.29, 1.82) is 0 Å². The minimum absolute atomic E-state index is 0.0121. The summed E-state index contributed by atoms with van der Waals surface area (Å²) in [5.41, 5.74) is 0.743. The highest BCUT2D eigenvalue weighted by Crippen LogP contribution is 2.25. The Morgan fingerprint density at radius 3 is 3.00 bits per heavy atom. The summed E-state index contributed by atoms with van der Waals surface area (Å²) in [5.74, 6) is -0.241. The summed E-state index contributed by atoms with van der Waals surface area (Å²) in [6.07, 6.45) is 0.985. The van der Waals surface area contributed by atoms with Gasteiger partial charge in [-0.05, 0) is 19.4 Å². The number of aryl methyl sites for hydroxylation is 2. The first kappa shape index (κ1) is 16.1. The third-order valence-corrected chi connectivity index (χ3v) is 5.45. The fraction of sp³-hybridized carbons (Fsp3) is 0.533. The molecule has 23 heavy (non-hydrogen) atoms. The number of nitrogens with one attached hydrogen (secondary N) is 2. The first-order chi connectivity index (χ1) is 11.0. The second-order valence-electron chi connectivity index (χ2n) is 5.93. The van der Waals surface area contributed by atoms with Crippen LogP contribution < -0.4 is 16.2 Å². The lowest BCUT2D eigenvalue weighted by Crippen LogP contribution is -2.37. The van der Waals surface area contributed by atoms with E-state index in [1.807, 2.05) is 13.8 Å². The van der Waals surface area contributed by atoms with Gasteiger partial charge in [0.1, 0.15) is 11.4 Å². The zero-order valence-electron chi connectivity index (χ0n) is 13.1. The molecule has 0 spiro atoms. The molecule has 124 valence electrons. The molecule has 0 saturated carbocycles. The average Bonchev–Trinajstić information content (AvgIpc) is 3.04. The largest absolute Gasteiger partial charge is 0.391 e. The Kier molecular flexibility index (Phi) is 4.47. The highest BCUT2D eigenvalue weighted by molar-refractivity contribution is 7.18. The molecule has 2 aromatic heterocycles. The van der Waals surface area contributed by atoms with Crippen LogP contribution in [0.1, 0.15) is 10.4 Å². The number of hydrogen-bond donors (Lipinski definition) is 3. The first-order valence-corrected chi connectivity index (χ1v) is 8.39. The van der Waals surface area contributed by atoms with Gasteiger partial charge in [0, 0.05) is 30.4 Å². The Bertz CT molecular complexity index is 798. The number of thiophene rings is 1. The predicted molar refractivity (Wildman–Crippen MR) is 88.7 cm³/mol. The third-order valence-electron chi connectivity index (χ3n) is 4.34. The average molecular weight is 336 g/mol. The molecular formula is C15H20N4O3S. The van der Waals surface area contributed by atoms with Crippen LogP contribution in [-0.2, 0) is 11.3 Å². The molecule has 0 bridgehead atoms. The topological polar surface area (TPSA) is 96.2 Å². The number of carbonyl (C=O) groups is 1. The second kappa shape index (κ2) is 6.38. The van der Waals surface area contributed by atoms with E-state index in [0.29, 0.717) is 29.9 Å². The summed E-state index contributed by atoms with van der Waals surface area (Å²) in [6.45, 7) is 5.43. The van der Waals surface area contributed by atoms with E-state index in [1.54, 1.807) is 0 Å². The van der Waals surface area contributed by atoms with E-state index < -0.39 is 6.10 Å². The molecule has 2 unspecified atom stereocenters. The number of nitrogens with zero attached hydrogens (tertiary/aromatic N) is 2. The van der Waals surface area contributed by atoms with Crippen LogP contribution in [-0.4, -0.2) is 46.3 Å². The van der Waals surface area contributed by atoms with Gasteiger partial charge in [-0.15, -0.1) is 11.3 Å². The molecule has 0 aromatic carbocycles. The summed E-state index contributed by atoms with van der Waals surface area (Å²) < 4.78 is 1.33. The number of aromatic nitrogens is 2. The van der Waals surface area contributed by atoms with Gasteiger partial charge in [-0.3, -0.25) is 14.2 Å². The Balaban J connectivity index is 1.71. The van der Waals surface area contributed by atoms with Gasteiger partial charge in [0.25, 0.3) is 5.56 Å². The first-order valence-electron chi connectivity index (χ1n) is 7.58. The molecule has 1 amide bonds. The van der Waals surface area contributed by atoms with Gasteiger partial charge in [-0.2, -0.15) is 0 Å². The van der Waals surface area contributed by atoms with Crippen molar-refractivity contribution in [3.8, 4) is 0 Å².